The van der Waals surface area contributed by atoms with E-state index in [0.29, 0.717) is 27.7 Å². The molecule has 0 heterocycles. The van der Waals surface area contributed by atoms with E-state index in [1.165, 1.54) is 30.3 Å². The highest BCUT2D eigenvalue weighted by atomic mass is 32.2. The van der Waals surface area contributed by atoms with E-state index in [9.17, 15) is 26.5 Å². The van der Waals surface area contributed by atoms with Crippen LogP contribution in [0.1, 0.15) is 5.56 Å². The van der Waals surface area contributed by atoms with Crippen molar-refractivity contribution >= 4 is 42.4 Å². The first-order chi connectivity index (χ1) is 12.4. The standard InChI is InChI=1S/C17H15NO7S2/c1-10-4-13(7-14(5-10)26(20,21)22)18-12-3-2-11-6-15(27(23,24)25)9-17(19)16(11)8-12/h2-9,18-19H,1H3,(H,20,21,22)(H,23,24,25). The van der Waals surface area contributed by atoms with E-state index in [1.807, 2.05) is 0 Å². The zero-order chi connectivity index (χ0) is 20.0. The third-order valence-electron chi connectivity index (χ3n) is 3.84. The molecule has 3 aromatic carbocycles. The maximum absolute atomic E-state index is 11.3. The third-order valence-corrected chi connectivity index (χ3v) is 5.50. The fraction of sp³-hybridized carbons (Fsp3) is 0.0588. The number of phenolic OH excluding ortho intramolecular Hbond substituents is 1. The molecule has 3 aromatic rings. The zero-order valence-electron chi connectivity index (χ0n) is 13.9. The Morgan fingerprint density at radius 1 is 0.778 bits per heavy atom. The second-order valence-electron chi connectivity index (χ2n) is 5.99. The van der Waals surface area contributed by atoms with Crippen LogP contribution in [0.3, 0.4) is 0 Å². The van der Waals surface area contributed by atoms with E-state index in [0.717, 1.165) is 6.07 Å². The molecule has 142 valence electrons. The van der Waals surface area contributed by atoms with Crippen LogP contribution in [0.5, 0.6) is 5.75 Å². The van der Waals surface area contributed by atoms with Crippen LogP contribution in [-0.4, -0.2) is 31.0 Å². The van der Waals surface area contributed by atoms with Gasteiger partial charge < -0.3 is 10.4 Å². The minimum atomic E-state index is -4.46. The summed E-state index contributed by atoms with van der Waals surface area (Å²) < 4.78 is 63.5. The number of hydrogen-bond acceptors (Lipinski definition) is 6. The van der Waals surface area contributed by atoms with Crippen LogP contribution in [0.4, 0.5) is 11.4 Å². The predicted molar refractivity (Wildman–Crippen MR) is 99.7 cm³/mol. The molecule has 0 saturated heterocycles. The number of hydrogen-bond donors (Lipinski definition) is 4. The number of fused-ring (bicyclic) bond motifs is 1. The molecular weight excluding hydrogens is 394 g/mol. The fourth-order valence-corrected chi connectivity index (χ4v) is 3.82. The lowest BCUT2D eigenvalue weighted by Crippen LogP contribution is -2.00. The Bertz CT molecular complexity index is 1270. The third kappa shape index (κ3) is 4.19. The van der Waals surface area contributed by atoms with Crippen molar-refractivity contribution in [2.24, 2.45) is 0 Å². The molecule has 0 saturated carbocycles. The van der Waals surface area contributed by atoms with Crippen molar-refractivity contribution in [3.8, 4) is 5.75 Å². The lowest BCUT2D eigenvalue weighted by molar-refractivity contribution is 0.471. The quantitative estimate of drug-likeness (QED) is 0.482. The van der Waals surface area contributed by atoms with Gasteiger partial charge in [-0.1, -0.05) is 6.07 Å². The molecular formula is C17H15NO7S2. The molecule has 0 fully saturated rings. The van der Waals surface area contributed by atoms with Gasteiger partial charge in [-0.15, -0.1) is 0 Å². The van der Waals surface area contributed by atoms with Gasteiger partial charge in [0, 0.05) is 22.8 Å². The van der Waals surface area contributed by atoms with Gasteiger partial charge in [-0.25, -0.2) is 0 Å². The minimum Gasteiger partial charge on any atom is -0.507 e. The Morgan fingerprint density at radius 2 is 1.41 bits per heavy atom. The summed E-state index contributed by atoms with van der Waals surface area (Å²) in [5.41, 5.74) is 1.49. The molecule has 0 aliphatic carbocycles. The van der Waals surface area contributed by atoms with Gasteiger partial charge in [-0.2, -0.15) is 16.8 Å². The Kier molecular flexibility index (Phi) is 4.60. The molecule has 0 amide bonds. The van der Waals surface area contributed by atoms with E-state index in [-0.39, 0.29) is 10.6 Å². The van der Waals surface area contributed by atoms with Gasteiger partial charge in [-0.3, -0.25) is 9.11 Å². The molecule has 10 heteroatoms. The van der Waals surface area contributed by atoms with Crippen LogP contribution in [0.2, 0.25) is 0 Å². The summed E-state index contributed by atoms with van der Waals surface area (Å²) in [7, 11) is -8.82. The van der Waals surface area contributed by atoms with Gasteiger partial charge in [0.05, 0.1) is 9.79 Å². The molecule has 0 bridgehead atoms. The Morgan fingerprint density at radius 3 is 2.04 bits per heavy atom. The summed E-state index contributed by atoms with van der Waals surface area (Å²) in [4.78, 5) is -0.684. The van der Waals surface area contributed by atoms with E-state index in [2.05, 4.69) is 5.32 Å². The first kappa shape index (κ1) is 19.1. The van der Waals surface area contributed by atoms with Crippen molar-refractivity contribution < 1.29 is 31.0 Å². The first-order valence-electron chi connectivity index (χ1n) is 7.54. The van der Waals surface area contributed by atoms with E-state index >= 15 is 0 Å². The van der Waals surface area contributed by atoms with Gasteiger partial charge in [-0.05, 0) is 54.3 Å². The van der Waals surface area contributed by atoms with Crippen LogP contribution < -0.4 is 5.32 Å². The van der Waals surface area contributed by atoms with Gasteiger partial charge in [0.15, 0.2) is 0 Å². The average molecular weight is 409 g/mol. The van der Waals surface area contributed by atoms with Crippen molar-refractivity contribution in [3.05, 3.63) is 54.1 Å². The summed E-state index contributed by atoms with van der Waals surface area (Å²) in [6, 6.07) is 11.1. The summed E-state index contributed by atoms with van der Waals surface area (Å²) in [6.07, 6.45) is 0. The van der Waals surface area contributed by atoms with Crippen LogP contribution >= 0.6 is 0 Å². The summed E-state index contributed by atoms with van der Waals surface area (Å²) in [6.45, 7) is 1.67. The normalized spacial score (nSPS) is 12.3. The Hall–Kier alpha value is -2.66. The highest BCUT2D eigenvalue weighted by Gasteiger charge is 2.14. The molecule has 0 radical (unpaired) electrons. The molecule has 0 aliphatic rings. The molecule has 27 heavy (non-hydrogen) atoms. The van der Waals surface area contributed by atoms with Crippen LogP contribution in [0, 0.1) is 6.92 Å². The van der Waals surface area contributed by atoms with Crippen molar-refractivity contribution in [2.75, 3.05) is 5.32 Å². The summed E-state index contributed by atoms with van der Waals surface area (Å²) in [5.74, 6) is -0.341. The van der Waals surface area contributed by atoms with Gasteiger partial charge in [0.2, 0.25) is 0 Å². The molecule has 8 nitrogen and oxygen atoms in total. The molecule has 0 aliphatic heterocycles. The maximum Gasteiger partial charge on any atom is 0.294 e. The second kappa shape index (κ2) is 6.50. The van der Waals surface area contributed by atoms with Crippen LogP contribution in [-0.2, 0) is 20.2 Å². The molecule has 0 aromatic heterocycles. The number of nitrogens with one attached hydrogen (secondary N) is 1. The van der Waals surface area contributed by atoms with E-state index in [4.69, 9.17) is 4.55 Å². The number of phenols is 1. The molecule has 0 spiro atoms. The largest absolute Gasteiger partial charge is 0.507 e. The number of anilines is 2. The minimum absolute atomic E-state index is 0.258. The lowest BCUT2D eigenvalue weighted by atomic mass is 10.1. The Labute approximate surface area is 155 Å². The highest BCUT2D eigenvalue weighted by Crippen LogP contribution is 2.32. The molecule has 3 rings (SSSR count). The number of aryl methyl sites for hydroxylation is 1. The smallest absolute Gasteiger partial charge is 0.294 e. The first-order valence-corrected chi connectivity index (χ1v) is 10.4. The zero-order valence-corrected chi connectivity index (χ0v) is 15.5. The molecule has 0 atom stereocenters. The second-order valence-corrected chi connectivity index (χ2v) is 8.83. The van der Waals surface area contributed by atoms with Gasteiger partial charge >= 0.3 is 0 Å². The van der Waals surface area contributed by atoms with Crippen molar-refractivity contribution in [1.29, 1.82) is 0 Å². The monoisotopic (exact) mass is 409 g/mol. The van der Waals surface area contributed by atoms with Gasteiger partial charge in [0.25, 0.3) is 20.2 Å². The molecule has 4 N–H and O–H groups in total. The van der Waals surface area contributed by atoms with Crippen molar-refractivity contribution in [3.63, 3.8) is 0 Å². The van der Waals surface area contributed by atoms with Crippen LogP contribution in [0.25, 0.3) is 10.8 Å². The number of rotatable bonds is 4. The maximum atomic E-state index is 11.3. The van der Waals surface area contributed by atoms with Crippen molar-refractivity contribution in [1.82, 2.24) is 0 Å². The fourth-order valence-electron chi connectivity index (χ4n) is 2.67. The average Bonchev–Trinajstić information content (AvgIpc) is 2.53. The SMILES string of the molecule is Cc1cc(Nc2ccc3cc(S(=O)(=O)O)cc(O)c3c2)cc(S(=O)(=O)O)c1. The number of aromatic hydroxyl groups is 1. The van der Waals surface area contributed by atoms with E-state index < -0.39 is 25.1 Å². The summed E-state index contributed by atoms with van der Waals surface area (Å²) in [5, 5.41) is 13.8. The molecule has 0 unspecified atom stereocenters. The lowest BCUT2D eigenvalue weighted by Gasteiger charge is -2.11. The summed E-state index contributed by atoms with van der Waals surface area (Å²) >= 11 is 0. The number of benzene rings is 3. The van der Waals surface area contributed by atoms with Gasteiger partial charge in [0.1, 0.15) is 5.75 Å². The van der Waals surface area contributed by atoms with Crippen molar-refractivity contribution in [2.45, 2.75) is 16.7 Å². The topological polar surface area (TPSA) is 141 Å². The highest BCUT2D eigenvalue weighted by molar-refractivity contribution is 7.86. The van der Waals surface area contributed by atoms with E-state index in [1.54, 1.807) is 19.1 Å². The van der Waals surface area contributed by atoms with Crippen LogP contribution in [0.15, 0.2) is 58.3 Å². The Balaban J connectivity index is 2.04. The predicted octanol–water partition coefficient (Wildman–Crippen LogP) is 3.09.